The molecule has 0 unspecified atom stereocenters. The van der Waals surface area contributed by atoms with Crippen LogP contribution >= 0.6 is 0 Å². The van der Waals surface area contributed by atoms with Gasteiger partial charge in [0.1, 0.15) is 11.6 Å². The van der Waals surface area contributed by atoms with Gasteiger partial charge in [-0.15, -0.1) is 0 Å². The quantitative estimate of drug-likeness (QED) is 0.905. The van der Waals surface area contributed by atoms with Crippen LogP contribution in [0.15, 0.2) is 30.5 Å². The number of rotatable bonds is 2. The van der Waals surface area contributed by atoms with Gasteiger partial charge in [-0.25, -0.2) is 4.98 Å². The molecule has 0 aliphatic carbocycles. The van der Waals surface area contributed by atoms with Gasteiger partial charge in [-0.1, -0.05) is 12.1 Å². The minimum absolute atomic E-state index is 0.597. The second-order valence-corrected chi connectivity index (χ2v) is 5.66. The molecule has 20 heavy (non-hydrogen) atoms. The van der Waals surface area contributed by atoms with Gasteiger partial charge in [0.15, 0.2) is 0 Å². The van der Waals surface area contributed by atoms with E-state index in [9.17, 15) is 0 Å². The highest BCUT2D eigenvalue weighted by Gasteiger charge is 2.38. The van der Waals surface area contributed by atoms with E-state index in [-0.39, 0.29) is 0 Å². The first-order valence-electron chi connectivity index (χ1n) is 7.27. The Hall–Kier alpha value is -1.81. The molecule has 0 bridgehead atoms. The number of hydrogen-bond donors (Lipinski definition) is 1. The van der Waals surface area contributed by atoms with Crippen LogP contribution in [0.5, 0.6) is 5.75 Å². The Kier molecular flexibility index (Phi) is 2.77. The van der Waals surface area contributed by atoms with Gasteiger partial charge in [-0.2, -0.15) is 0 Å². The van der Waals surface area contributed by atoms with Gasteiger partial charge in [0.25, 0.3) is 0 Å². The van der Waals surface area contributed by atoms with E-state index in [1.807, 2.05) is 24.4 Å². The molecule has 2 aliphatic rings. The minimum Gasteiger partial charge on any atom is -0.496 e. The van der Waals surface area contributed by atoms with Gasteiger partial charge in [0, 0.05) is 42.6 Å². The highest BCUT2D eigenvalue weighted by molar-refractivity contribution is 5.96. The standard InChI is InChI=1S/C16H19N3O/c1-20-15-4-2-3-13-12(15)5-7-18-16(13)19-8-6-11-9-17-10-14(11)19/h2-5,7,11,14,17H,6,8-10H2,1H3/t11-,14+/m0/s1. The molecule has 4 nitrogen and oxygen atoms in total. The Labute approximate surface area is 118 Å². The zero-order valence-electron chi connectivity index (χ0n) is 11.7. The van der Waals surface area contributed by atoms with E-state index in [4.69, 9.17) is 4.74 Å². The second kappa shape index (κ2) is 4.63. The van der Waals surface area contributed by atoms with Gasteiger partial charge in [-0.3, -0.25) is 0 Å². The zero-order chi connectivity index (χ0) is 13.5. The summed E-state index contributed by atoms with van der Waals surface area (Å²) in [6.45, 7) is 3.34. The van der Waals surface area contributed by atoms with E-state index in [1.54, 1.807) is 7.11 Å². The van der Waals surface area contributed by atoms with Crippen LogP contribution in [0, 0.1) is 5.92 Å². The molecule has 0 radical (unpaired) electrons. The lowest BCUT2D eigenvalue weighted by molar-refractivity contribution is 0.420. The molecule has 104 valence electrons. The van der Waals surface area contributed by atoms with E-state index in [1.165, 1.54) is 11.8 Å². The first kappa shape index (κ1) is 12.0. The molecule has 4 rings (SSSR count). The van der Waals surface area contributed by atoms with Crippen LogP contribution in [0.25, 0.3) is 10.8 Å². The van der Waals surface area contributed by atoms with Crippen molar-refractivity contribution in [3.63, 3.8) is 0 Å². The average molecular weight is 269 g/mol. The maximum absolute atomic E-state index is 5.47. The van der Waals surface area contributed by atoms with Crippen molar-refractivity contribution >= 4 is 16.6 Å². The third kappa shape index (κ3) is 1.68. The third-order valence-corrected chi connectivity index (χ3v) is 4.68. The Morgan fingerprint density at radius 2 is 2.20 bits per heavy atom. The van der Waals surface area contributed by atoms with Crippen LogP contribution in [0.1, 0.15) is 6.42 Å². The third-order valence-electron chi connectivity index (χ3n) is 4.68. The van der Waals surface area contributed by atoms with E-state index >= 15 is 0 Å². The fraction of sp³-hybridized carbons (Fsp3) is 0.438. The summed E-state index contributed by atoms with van der Waals surface area (Å²) in [7, 11) is 1.72. The van der Waals surface area contributed by atoms with Crippen LogP contribution in [0.2, 0.25) is 0 Å². The highest BCUT2D eigenvalue weighted by Crippen LogP contribution is 2.36. The van der Waals surface area contributed by atoms with E-state index in [0.29, 0.717) is 6.04 Å². The van der Waals surface area contributed by atoms with Crippen molar-refractivity contribution in [1.29, 1.82) is 0 Å². The molecular formula is C16H19N3O. The topological polar surface area (TPSA) is 37.4 Å². The number of aromatic nitrogens is 1. The first-order chi connectivity index (χ1) is 9.88. The van der Waals surface area contributed by atoms with Crippen LogP contribution < -0.4 is 15.0 Å². The first-order valence-corrected chi connectivity index (χ1v) is 7.27. The number of benzene rings is 1. The van der Waals surface area contributed by atoms with E-state index in [0.717, 1.165) is 42.5 Å². The van der Waals surface area contributed by atoms with Crippen molar-refractivity contribution in [2.75, 3.05) is 31.6 Å². The van der Waals surface area contributed by atoms with Crippen molar-refractivity contribution in [2.24, 2.45) is 5.92 Å². The number of fused-ring (bicyclic) bond motifs is 2. The van der Waals surface area contributed by atoms with Crippen molar-refractivity contribution in [3.8, 4) is 5.75 Å². The minimum atomic E-state index is 0.597. The molecule has 0 spiro atoms. The number of ether oxygens (including phenoxy) is 1. The van der Waals surface area contributed by atoms with Gasteiger partial charge in [0.05, 0.1) is 7.11 Å². The molecular weight excluding hydrogens is 250 g/mol. The molecule has 1 aromatic carbocycles. The average Bonchev–Trinajstić information content (AvgIpc) is 3.09. The molecule has 2 atom stereocenters. The maximum atomic E-state index is 5.47. The molecule has 1 aromatic heterocycles. The van der Waals surface area contributed by atoms with Gasteiger partial charge < -0.3 is 15.0 Å². The molecule has 4 heteroatoms. The summed E-state index contributed by atoms with van der Waals surface area (Å²) in [5, 5.41) is 5.84. The van der Waals surface area contributed by atoms with Gasteiger partial charge in [0.2, 0.25) is 0 Å². The number of methoxy groups -OCH3 is 1. The van der Waals surface area contributed by atoms with Crippen LogP contribution in [0.3, 0.4) is 0 Å². The fourth-order valence-electron chi connectivity index (χ4n) is 3.68. The normalized spacial score (nSPS) is 25.1. The molecule has 2 saturated heterocycles. The highest BCUT2D eigenvalue weighted by atomic mass is 16.5. The van der Waals surface area contributed by atoms with Crippen molar-refractivity contribution in [1.82, 2.24) is 10.3 Å². The number of nitrogens with one attached hydrogen (secondary N) is 1. The van der Waals surface area contributed by atoms with Crippen molar-refractivity contribution in [2.45, 2.75) is 12.5 Å². The lowest BCUT2D eigenvalue weighted by Crippen LogP contribution is -2.34. The van der Waals surface area contributed by atoms with E-state index < -0.39 is 0 Å². The SMILES string of the molecule is COc1cccc2c(N3CC[C@H]4CNC[C@H]43)nccc12. The van der Waals surface area contributed by atoms with Crippen LogP contribution in [0.4, 0.5) is 5.82 Å². The fourth-order valence-corrected chi connectivity index (χ4v) is 3.68. The van der Waals surface area contributed by atoms with Crippen LogP contribution in [-0.2, 0) is 0 Å². The van der Waals surface area contributed by atoms with Gasteiger partial charge in [-0.05, 0) is 24.5 Å². The molecule has 3 heterocycles. The predicted octanol–water partition coefficient (Wildman–Crippen LogP) is 2.04. The smallest absolute Gasteiger partial charge is 0.136 e. The van der Waals surface area contributed by atoms with Gasteiger partial charge >= 0.3 is 0 Å². The molecule has 2 aromatic rings. The number of pyridine rings is 1. The summed E-state index contributed by atoms with van der Waals surface area (Å²) in [5.74, 6) is 2.81. The molecule has 2 fully saturated rings. The Balaban J connectivity index is 1.84. The largest absolute Gasteiger partial charge is 0.496 e. The van der Waals surface area contributed by atoms with E-state index in [2.05, 4.69) is 21.3 Å². The summed E-state index contributed by atoms with van der Waals surface area (Å²) in [6, 6.07) is 8.84. The number of nitrogens with zero attached hydrogens (tertiary/aromatic N) is 2. The summed E-state index contributed by atoms with van der Waals surface area (Å²) in [6.07, 6.45) is 3.16. The molecule has 2 aliphatic heterocycles. The monoisotopic (exact) mass is 269 g/mol. The summed E-state index contributed by atoms with van der Waals surface area (Å²) < 4.78 is 5.47. The predicted molar refractivity (Wildman–Crippen MR) is 80.4 cm³/mol. The van der Waals surface area contributed by atoms with Crippen LogP contribution in [-0.4, -0.2) is 37.8 Å². The van der Waals surface area contributed by atoms with Crippen molar-refractivity contribution in [3.05, 3.63) is 30.5 Å². The molecule has 1 N–H and O–H groups in total. The maximum Gasteiger partial charge on any atom is 0.136 e. The lowest BCUT2D eigenvalue weighted by Gasteiger charge is -2.26. The summed E-state index contributed by atoms with van der Waals surface area (Å²) in [4.78, 5) is 7.15. The molecule has 0 amide bonds. The Morgan fingerprint density at radius 1 is 1.25 bits per heavy atom. The second-order valence-electron chi connectivity index (χ2n) is 5.66. The number of anilines is 1. The zero-order valence-corrected chi connectivity index (χ0v) is 11.7. The number of hydrogen-bond acceptors (Lipinski definition) is 4. The Bertz CT molecular complexity index is 643. The Morgan fingerprint density at radius 3 is 3.10 bits per heavy atom. The lowest BCUT2D eigenvalue weighted by atomic mass is 10.0. The summed E-state index contributed by atoms with van der Waals surface area (Å²) >= 11 is 0. The summed E-state index contributed by atoms with van der Waals surface area (Å²) in [5.41, 5.74) is 0. The molecule has 0 saturated carbocycles. The van der Waals surface area contributed by atoms with Crippen molar-refractivity contribution < 1.29 is 4.74 Å².